The second-order valence-electron chi connectivity index (χ2n) is 5.52. The number of carbonyl (C=O) groups excluding carboxylic acids is 3. The summed E-state index contributed by atoms with van der Waals surface area (Å²) < 4.78 is 33.1. The fourth-order valence-electron chi connectivity index (χ4n) is 2.17. The number of esters is 1. The summed E-state index contributed by atoms with van der Waals surface area (Å²) in [5, 5.41) is 0. The maximum atomic E-state index is 12.9. The molecule has 0 aliphatic rings. The highest BCUT2D eigenvalue weighted by Gasteiger charge is 2.29. The van der Waals surface area contributed by atoms with Crippen LogP contribution in [0, 0.1) is 5.82 Å². The zero-order valence-electron chi connectivity index (χ0n) is 15.9. The van der Waals surface area contributed by atoms with Crippen LogP contribution in [0.2, 0.25) is 0 Å². The molecule has 0 spiro atoms. The number of halogens is 1. The van der Waals surface area contributed by atoms with Gasteiger partial charge in [0.1, 0.15) is 29.7 Å². The zero-order valence-corrected chi connectivity index (χ0v) is 15.9. The molecule has 2 amide bonds. The number of benzene rings is 2. The highest BCUT2D eigenvalue weighted by atomic mass is 19.1. The molecule has 154 valence electrons. The van der Waals surface area contributed by atoms with E-state index in [1.54, 1.807) is 31.2 Å². The normalized spacial score (nSPS) is 10.0. The number of carbonyl (C=O) groups is 3. The highest BCUT2D eigenvalue weighted by molar-refractivity contribution is 6.34. The van der Waals surface area contributed by atoms with E-state index in [0.717, 1.165) is 7.11 Å². The number of rotatable bonds is 7. The molecule has 0 aromatic heterocycles. The van der Waals surface area contributed by atoms with E-state index >= 15 is 0 Å². The van der Waals surface area contributed by atoms with Crippen molar-refractivity contribution in [3.63, 3.8) is 0 Å². The molecule has 9 heteroatoms. The fraction of sp³-hybridized carbons (Fsp3) is 0.250. The average Bonchev–Trinajstić information content (AvgIpc) is 2.73. The summed E-state index contributed by atoms with van der Waals surface area (Å²) in [5.74, 6) is -1.24. The Balaban J connectivity index is 1.91. The molecule has 29 heavy (non-hydrogen) atoms. The Bertz CT molecular complexity index is 837. The minimum absolute atomic E-state index is 0.0418. The summed E-state index contributed by atoms with van der Waals surface area (Å²) in [5.41, 5.74) is 0. The molecule has 0 bridgehead atoms. The summed E-state index contributed by atoms with van der Waals surface area (Å²) in [7, 11) is 1.04. The summed E-state index contributed by atoms with van der Waals surface area (Å²) >= 11 is 0. The third-order valence-corrected chi connectivity index (χ3v) is 3.55. The third kappa shape index (κ3) is 6.49. The summed E-state index contributed by atoms with van der Waals surface area (Å²) in [6, 6.07) is 12.1. The number of hydrogen-bond donors (Lipinski definition) is 0. The molecule has 0 unspecified atom stereocenters. The molecule has 0 radical (unpaired) electrons. The SMILES string of the molecule is CCOC(=O)N(CCOc1ccc(Oc2ccc(F)cc2)cc1)C(=O)C(=O)OC. The standard InChI is InChI=1S/C20H20FNO7/c1-3-27-20(25)22(18(23)19(24)26-2)12-13-28-15-8-10-17(11-9-15)29-16-6-4-14(21)5-7-16/h4-11H,3,12-13H2,1-2H3. The first-order valence-electron chi connectivity index (χ1n) is 8.67. The second-order valence-corrected chi connectivity index (χ2v) is 5.52. The lowest BCUT2D eigenvalue weighted by atomic mass is 10.3. The van der Waals surface area contributed by atoms with Crippen LogP contribution in [0.1, 0.15) is 6.92 Å². The molecule has 8 nitrogen and oxygen atoms in total. The van der Waals surface area contributed by atoms with Crippen molar-refractivity contribution >= 4 is 18.0 Å². The van der Waals surface area contributed by atoms with Gasteiger partial charge in [0.2, 0.25) is 0 Å². The first-order valence-corrected chi connectivity index (χ1v) is 8.67. The Morgan fingerprint density at radius 3 is 2.03 bits per heavy atom. The Morgan fingerprint density at radius 2 is 1.48 bits per heavy atom. The van der Waals surface area contributed by atoms with Crippen LogP contribution in [0.5, 0.6) is 17.2 Å². The van der Waals surface area contributed by atoms with E-state index in [1.165, 1.54) is 24.3 Å². The lowest BCUT2D eigenvalue weighted by Gasteiger charge is -2.19. The van der Waals surface area contributed by atoms with Gasteiger partial charge in [-0.2, -0.15) is 0 Å². The van der Waals surface area contributed by atoms with Crippen molar-refractivity contribution in [3.8, 4) is 17.2 Å². The molecule has 0 aliphatic heterocycles. The van der Waals surface area contributed by atoms with Gasteiger partial charge in [-0.1, -0.05) is 0 Å². The predicted molar refractivity (Wildman–Crippen MR) is 99.2 cm³/mol. The average molecular weight is 405 g/mol. The van der Waals surface area contributed by atoms with Gasteiger partial charge in [0.15, 0.2) is 0 Å². The number of methoxy groups -OCH3 is 1. The Hall–Kier alpha value is -3.62. The molecule has 2 rings (SSSR count). The maximum absolute atomic E-state index is 12.9. The molecular weight excluding hydrogens is 385 g/mol. The van der Waals surface area contributed by atoms with Crippen LogP contribution in [0.3, 0.4) is 0 Å². The van der Waals surface area contributed by atoms with E-state index in [1.807, 2.05) is 0 Å². The van der Waals surface area contributed by atoms with Gasteiger partial charge >= 0.3 is 18.0 Å². The molecule has 2 aromatic carbocycles. The van der Waals surface area contributed by atoms with Crippen molar-refractivity contribution in [2.24, 2.45) is 0 Å². The topological polar surface area (TPSA) is 91.4 Å². The molecule has 0 N–H and O–H groups in total. The van der Waals surface area contributed by atoms with Crippen LogP contribution in [0.4, 0.5) is 9.18 Å². The fourth-order valence-corrected chi connectivity index (χ4v) is 2.17. The van der Waals surface area contributed by atoms with Crippen molar-refractivity contribution < 1.29 is 37.7 Å². The lowest BCUT2D eigenvalue weighted by Crippen LogP contribution is -2.44. The molecule has 0 aliphatic carbocycles. The van der Waals surface area contributed by atoms with Crippen LogP contribution in [0.25, 0.3) is 0 Å². The maximum Gasteiger partial charge on any atom is 0.417 e. The van der Waals surface area contributed by atoms with E-state index < -0.39 is 18.0 Å². The summed E-state index contributed by atoms with van der Waals surface area (Å²) in [4.78, 5) is 35.8. The monoisotopic (exact) mass is 405 g/mol. The lowest BCUT2D eigenvalue weighted by molar-refractivity contribution is -0.157. The Labute approximate surface area is 166 Å². The minimum atomic E-state index is -1.18. The van der Waals surface area contributed by atoms with Gasteiger partial charge < -0.3 is 18.9 Å². The van der Waals surface area contributed by atoms with Crippen molar-refractivity contribution in [3.05, 3.63) is 54.3 Å². The van der Waals surface area contributed by atoms with E-state index in [4.69, 9.17) is 14.2 Å². The number of ether oxygens (including phenoxy) is 4. The van der Waals surface area contributed by atoms with Gasteiger partial charge in [-0.25, -0.2) is 18.9 Å². The molecular formula is C20H20FNO7. The summed E-state index contributed by atoms with van der Waals surface area (Å²) in [6.45, 7) is 1.34. The van der Waals surface area contributed by atoms with Crippen molar-refractivity contribution in [2.75, 3.05) is 26.9 Å². The van der Waals surface area contributed by atoms with Crippen molar-refractivity contribution in [1.82, 2.24) is 4.90 Å². The highest BCUT2D eigenvalue weighted by Crippen LogP contribution is 2.24. The van der Waals surface area contributed by atoms with Gasteiger partial charge in [0.05, 0.1) is 20.3 Å². The van der Waals surface area contributed by atoms with Gasteiger partial charge in [0, 0.05) is 0 Å². The van der Waals surface area contributed by atoms with E-state index in [-0.39, 0.29) is 25.6 Å². The summed E-state index contributed by atoms with van der Waals surface area (Å²) in [6.07, 6.45) is -0.963. The van der Waals surface area contributed by atoms with Crippen LogP contribution in [-0.4, -0.2) is 49.7 Å². The van der Waals surface area contributed by atoms with Crippen molar-refractivity contribution in [2.45, 2.75) is 6.92 Å². The Morgan fingerprint density at radius 1 is 0.931 bits per heavy atom. The molecule has 0 saturated carbocycles. The van der Waals surface area contributed by atoms with Gasteiger partial charge in [0.25, 0.3) is 0 Å². The van der Waals surface area contributed by atoms with Crippen LogP contribution in [-0.2, 0) is 19.1 Å². The molecule has 0 atom stereocenters. The van der Waals surface area contributed by atoms with E-state index in [9.17, 15) is 18.8 Å². The molecule has 2 aromatic rings. The van der Waals surface area contributed by atoms with E-state index in [2.05, 4.69) is 4.74 Å². The second kappa shape index (κ2) is 10.6. The van der Waals surface area contributed by atoms with Gasteiger partial charge in [-0.15, -0.1) is 0 Å². The number of hydrogen-bond acceptors (Lipinski definition) is 7. The first-order chi connectivity index (χ1) is 13.9. The Kier molecular flexibility index (Phi) is 7.96. The number of imide groups is 1. The minimum Gasteiger partial charge on any atom is -0.492 e. The smallest absolute Gasteiger partial charge is 0.417 e. The zero-order chi connectivity index (χ0) is 21.2. The molecule has 0 saturated heterocycles. The predicted octanol–water partition coefficient (Wildman–Crippen LogP) is 3.15. The molecule has 0 fully saturated rings. The van der Waals surface area contributed by atoms with Crippen LogP contribution >= 0.6 is 0 Å². The van der Waals surface area contributed by atoms with Crippen LogP contribution in [0.15, 0.2) is 48.5 Å². The number of amides is 2. The third-order valence-electron chi connectivity index (χ3n) is 3.55. The van der Waals surface area contributed by atoms with Gasteiger partial charge in [-0.05, 0) is 55.5 Å². The molecule has 0 heterocycles. The first kappa shape index (κ1) is 21.7. The van der Waals surface area contributed by atoms with Crippen LogP contribution < -0.4 is 9.47 Å². The quantitative estimate of drug-likeness (QED) is 0.516. The number of nitrogens with zero attached hydrogens (tertiary/aromatic N) is 1. The largest absolute Gasteiger partial charge is 0.492 e. The van der Waals surface area contributed by atoms with Gasteiger partial charge in [-0.3, -0.25) is 4.79 Å². The van der Waals surface area contributed by atoms with Crippen molar-refractivity contribution in [1.29, 1.82) is 0 Å². The van der Waals surface area contributed by atoms with E-state index in [0.29, 0.717) is 22.1 Å².